The minimum absolute atomic E-state index is 0.171. The molecule has 0 fully saturated rings. The van der Waals surface area contributed by atoms with E-state index < -0.39 is 10.0 Å². The summed E-state index contributed by atoms with van der Waals surface area (Å²) in [7, 11) is 1.84. The molecule has 2 rings (SSSR count). The van der Waals surface area contributed by atoms with Gasteiger partial charge in [-0.2, -0.15) is 5.10 Å². The molecule has 0 aliphatic carbocycles. The van der Waals surface area contributed by atoms with E-state index in [9.17, 15) is 8.42 Å². The van der Waals surface area contributed by atoms with Gasteiger partial charge in [-0.15, -0.1) is 0 Å². The van der Waals surface area contributed by atoms with Gasteiger partial charge in [0.05, 0.1) is 5.69 Å². The molecule has 0 radical (unpaired) electrons. The van der Waals surface area contributed by atoms with E-state index in [0.717, 1.165) is 5.56 Å². The molecule has 1 N–H and O–H groups in total. The predicted octanol–water partition coefficient (Wildman–Crippen LogP) is 1.96. The third-order valence-electron chi connectivity index (χ3n) is 3.61. The van der Waals surface area contributed by atoms with Crippen molar-refractivity contribution in [3.63, 3.8) is 0 Å². The van der Waals surface area contributed by atoms with Crippen molar-refractivity contribution in [1.82, 2.24) is 19.4 Å². The van der Waals surface area contributed by atoms with Crippen LogP contribution in [0.5, 0.6) is 0 Å². The first-order valence-electron chi connectivity index (χ1n) is 7.13. The van der Waals surface area contributed by atoms with E-state index in [0.29, 0.717) is 10.7 Å². The minimum Gasteiger partial charge on any atom is -0.301 e. The first kappa shape index (κ1) is 17.9. The van der Waals surface area contributed by atoms with E-state index in [1.807, 2.05) is 37.2 Å². The summed E-state index contributed by atoms with van der Waals surface area (Å²) in [5.41, 5.74) is 1.35. The lowest BCUT2D eigenvalue weighted by molar-refractivity contribution is 0.299. The fraction of sp³-hybridized carbons (Fsp3) is 0.400. The van der Waals surface area contributed by atoms with Gasteiger partial charge in [-0.3, -0.25) is 4.68 Å². The van der Waals surface area contributed by atoms with Crippen LogP contribution in [0.15, 0.2) is 35.4 Å². The topological polar surface area (TPSA) is 67.2 Å². The van der Waals surface area contributed by atoms with Gasteiger partial charge in [0.15, 0.2) is 0 Å². The van der Waals surface area contributed by atoms with Crippen molar-refractivity contribution >= 4 is 21.6 Å². The van der Waals surface area contributed by atoms with E-state index in [-0.39, 0.29) is 17.5 Å². The van der Waals surface area contributed by atoms with Crippen molar-refractivity contribution in [1.29, 1.82) is 0 Å². The zero-order chi connectivity index (χ0) is 17.2. The Morgan fingerprint density at radius 2 is 2.00 bits per heavy atom. The van der Waals surface area contributed by atoms with Gasteiger partial charge in [0.1, 0.15) is 4.90 Å². The third kappa shape index (κ3) is 4.11. The van der Waals surface area contributed by atoms with Gasteiger partial charge in [-0.05, 0) is 32.6 Å². The highest BCUT2D eigenvalue weighted by molar-refractivity contribution is 7.89. The zero-order valence-corrected chi connectivity index (χ0v) is 15.2. The normalized spacial score (nSPS) is 13.5. The van der Waals surface area contributed by atoms with E-state index in [1.165, 1.54) is 10.9 Å². The van der Waals surface area contributed by atoms with Gasteiger partial charge in [0, 0.05) is 30.9 Å². The second-order valence-corrected chi connectivity index (χ2v) is 7.75. The van der Waals surface area contributed by atoms with Crippen LogP contribution in [0, 0.1) is 6.92 Å². The smallest absolute Gasteiger partial charge is 0.244 e. The van der Waals surface area contributed by atoms with Crippen LogP contribution in [0.1, 0.15) is 17.3 Å². The molecular weight excluding hydrogens is 336 g/mol. The Kier molecular flexibility index (Phi) is 5.46. The number of aromatic nitrogens is 2. The minimum atomic E-state index is -3.62. The van der Waals surface area contributed by atoms with Crippen LogP contribution < -0.4 is 4.72 Å². The molecule has 2 aromatic rings. The number of rotatable bonds is 6. The molecule has 1 heterocycles. The summed E-state index contributed by atoms with van der Waals surface area (Å²) in [5.74, 6) is 0. The standard InChI is InChI=1S/C15H21ClN4O2S/c1-11-15(10-20(4)18-11)23(21,22)17-9-14(19(2)3)12-7-5-6-8-13(12)16/h5-8,10,14,17H,9H2,1-4H3/t14-/m0/s1. The van der Waals surface area contributed by atoms with Crippen molar-refractivity contribution in [2.45, 2.75) is 17.9 Å². The van der Waals surface area contributed by atoms with Crippen LogP contribution in [0.3, 0.4) is 0 Å². The highest BCUT2D eigenvalue weighted by Gasteiger charge is 2.23. The maximum Gasteiger partial charge on any atom is 0.244 e. The highest BCUT2D eigenvalue weighted by Crippen LogP contribution is 2.26. The molecule has 126 valence electrons. The van der Waals surface area contributed by atoms with Crippen LogP contribution in [-0.4, -0.2) is 43.7 Å². The Bertz CT molecular complexity index is 787. The molecule has 1 atom stereocenters. The van der Waals surface area contributed by atoms with Gasteiger partial charge in [-0.1, -0.05) is 29.8 Å². The average molecular weight is 357 g/mol. The fourth-order valence-corrected chi connectivity index (χ4v) is 3.94. The van der Waals surface area contributed by atoms with E-state index in [1.54, 1.807) is 20.0 Å². The molecule has 0 unspecified atom stereocenters. The molecule has 0 aliphatic rings. The van der Waals surface area contributed by atoms with Crippen LogP contribution in [-0.2, 0) is 17.1 Å². The maximum absolute atomic E-state index is 12.5. The summed E-state index contributed by atoms with van der Waals surface area (Å²) in [6.45, 7) is 1.89. The Morgan fingerprint density at radius 1 is 1.35 bits per heavy atom. The number of likely N-dealkylation sites (N-methyl/N-ethyl adjacent to an activating group) is 1. The molecule has 23 heavy (non-hydrogen) atoms. The summed E-state index contributed by atoms with van der Waals surface area (Å²) in [5, 5.41) is 4.69. The number of aryl methyl sites for hydroxylation is 2. The largest absolute Gasteiger partial charge is 0.301 e. The zero-order valence-electron chi connectivity index (χ0n) is 13.6. The lowest BCUT2D eigenvalue weighted by Gasteiger charge is -2.25. The number of nitrogens with zero attached hydrogens (tertiary/aromatic N) is 3. The second kappa shape index (κ2) is 7.00. The summed E-state index contributed by atoms with van der Waals surface area (Å²) in [4.78, 5) is 2.12. The number of halogens is 1. The van der Waals surface area contributed by atoms with Crippen molar-refractivity contribution in [2.24, 2.45) is 7.05 Å². The van der Waals surface area contributed by atoms with Gasteiger partial charge in [-0.25, -0.2) is 13.1 Å². The summed E-state index contributed by atoms with van der Waals surface area (Å²) >= 11 is 6.24. The molecule has 6 nitrogen and oxygen atoms in total. The molecule has 1 aromatic heterocycles. The lowest BCUT2D eigenvalue weighted by atomic mass is 10.1. The average Bonchev–Trinajstić information content (AvgIpc) is 2.80. The van der Waals surface area contributed by atoms with Crippen molar-refractivity contribution < 1.29 is 8.42 Å². The van der Waals surface area contributed by atoms with Gasteiger partial charge >= 0.3 is 0 Å². The fourth-order valence-electron chi connectivity index (χ4n) is 2.42. The Balaban J connectivity index is 2.23. The molecule has 0 aliphatic heterocycles. The molecule has 0 saturated carbocycles. The van der Waals surface area contributed by atoms with Gasteiger partial charge in [0.2, 0.25) is 10.0 Å². The van der Waals surface area contributed by atoms with Crippen LogP contribution in [0.25, 0.3) is 0 Å². The van der Waals surface area contributed by atoms with Crippen LogP contribution >= 0.6 is 11.6 Å². The number of hydrogen-bond donors (Lipinski definition) is 1. The molecule has 1 aromatic carbocycles. The van der Waals surface area contributed by atoms with Gasteiger partial charge in [0.25, 0.3) is 0 Å². The first-order chi connectivity index (χ1) is 10.7. The molecular formula is C15H21ClN4O2S. The van der Waals surface area contributed by atoms with Gasteiger partial charge < -0.3 is 4.90 Å². The molecule has 0 amide bonds. The monoisotopic (exact) mass is 356 g/mol. The molecule has 0 bridgehead atoms. The summed E-state index contributed by atoms with van der Waals surface area (Å²) in [6, 6.07) is 7.26. The SMILES string of the molecule is Cc1nn(C)cc1S(=O)(=O)NC[C@@H](c1ccccc1Cl)N(C)C. The van der Waals surface area contributed by atoms with E-state index in [4.69, 9.17) is 11.6 Å². The quantitative estimate of drug-likeness (QED) is 0.859. The van der Waals surface area contributed by atoms with Crippen LogP contribution in [0.4, 0.5) is 0 Å². The molecule has 0 spiro atoms. The number of nitrogens with one attached hydrogen (secondary N) is 1. The van der Waals surface area contributed by atoms with E-state index in [2.05, 4.69) is 9.82 Å². The van der Waals surface area contributed by atoms with Crippen LogP contribution in [0.2, 0.25) is 5.02 Å². The predicted molar refractivity (Wildman–Crippen MR) is 91.0 cm³/mol. The summed E-state index contributed by atoms with van der Waals surface area (Å²) in [6.07, 6.45) is 1.50. The van der Waals surface area contributed by atoms with Crippen molar-refractivity contribution in [3.8, 4) is 0 Å². The Hall–Kier alpha value is -1.41. The number of hydrogen-bond acceptors (Lipinski definition) is 4. The first-order valence-corrected chi connectivity index (χ1v) is 8.99. The Morgan fingerprint density at radius 3 is 2.52 bits per heavy atom. The number of sulfonamides is 1. The van der Waals surface area contributed by atoms with Crippen molar-refractivity contribution in [2.75, 3.05) is 20.6 Å². The lowest BCUT2D eigenvalue weighted by Crippen LogP contribution is -2.34. The second-order valence-electron chi connectivity index (χ2n) is 5.61. The van der Waals surface area contributed by atoms with E-state index >= 15 is 0 Å². The third-order valence-corrected chi connectivity index (χ3v) is 5.48. The molecule has 8 heteroatoms. The maximum atomic E-state index is 12.5. The summed E-state index contributed by atoms with van der Waals surface area (Å²) < 4.78 is 29.1. The Labute approximate surface area is 142 Å². The molecule has 0 saturated heterocycles. The van der Waals surface area contributed by atoms with Crippen molar-refractivity contribution in [3.05, 3.63) is 46.7 Å². The number of benzene rings is 1. The highest BCUT2D eigenvalue weighted by atomic mass is 35.5.